The molecule has 0 radical (unpaired) electrons. The first-order chi connectivity index (χ1) is 12.0. The summed E-state index contributed by atoms with van der Waals surface area (Å²) in [6, 6.07) is 13.4. The maximum Gasteiger partial charge on any atom is 0.223 e. The predicted octanol–water partition coefficient (Wildman–Crippen LogP) is 3.97. The molecule has 0 fully saturated rings. The Morgan fingerprint density at radius 1 is 1.20 bits per heavy atom. The maximum absolute atomic E-state index is 12.8. The van der Waals surface area contributed by atoms with E-state index in [0.717, 1.165) is 28.3 Å². The molecule has 0 bridgehead atoms. The van der Waals surface area contributed by atoms with E-state index in [9.17, 15) is 9.59 Å². The number of Topliss-reactive ketones (excluding diaryl/α,β-unsaturated/α-hetero) is 1. The summed E-state index contributed by atoms with van der Waals surface area (Å²) in [6.07, 6.45) is 0.799. The number of thioether (sulfide) groups is 1. The number of hydrogen-bond donors (Lipinski definition) is 0. The van der Waals surface area contributed by atoms with Crippen molar-refractivity contribution in [3.05, 3.63) is 53.6 Å². The van der Waals surface area contributed by atoms with Crippen LogP contribution in [0.1, 0.15) is 29.8 Å². The number of hydrogen-bond acceptors (Lipinski definition) is 4. The maximum atomic E-state index is 12.8. The SMILES string of the molecule is COc1cccc(S[C@H](C)C(=O)c2ccc3c(c2)CCN3C(C)=O)c1. The standard InChI is InChI=1S/C20H21NO3S/c1-13(25-18-6-4-5-17(12-18)24-3)20(23)16-7-8-19-15(11-16)9-10-21(19)14(2)22/h4-8,11-13H,9-10H2,1-3H3/t13-/m1/s1. The summed E-state index contributed by atoms with van der Waals surface area (Å²) in [5.74, 6) is 0.920. The highest BCUT2D eigenvalue weighted by Crippen LogP contribution is 2.32. The highest BCUT2D eigenvalue weighted by atomic mass is 32.2. The lowest BCUT2D eigenvalue weighted by Crippen LogP contribution is -2.25. The largest absolute Gasteiger partial charge is 0.497 e. The monoisotopic (exact) mass is 355 g/mol. The van der Waals surface area contributed by atoms with Gasteiger partial charge < -0.3 is 9.64 Å². The van der Waals surface area contributed by atoms with Crippen molar-refractivity contribution in [1.82, 2.24) is 0 Å². The van der Waals surface area contributed by atoms with Gasteiger partial charge in [0.25, 0.3) is 0 Å². The summed E-state index contributed by atoms with van der Waals surface area (Å²) >= 11 is 1.52. The van der Waals surface area contributed by atoms with E-state index >= 15 is 0 Å². The number of ketones is 1. The summed E-state index contributed by atoms with van der Waals surface area (Å²) < 4.78 is 5.23. The fraction of sp³-hybridized carbons (Fsp3) is 0.300. The molecule has 1 atom stereocenters. The van der Waals surface area contributed by atoms with E-state index < -0.39 is 0 Å². The van der Waals surface area contributed by atoms with Crippen LogP contribution in [-0.4, -0.2) is 30.6 Å². The van der Waals surface area contributed by atoms with E-state index in [4.69, 9.17) is 4.74 Å². The molecule has 3 rings (SSSR count). The lowest BCUT2D eigenvalue weighted by molar-refractivity contribution is -0.116. The van der Waals surface area contributed by atoms with Crippen molar-refractivity contribution < 1.29 is 14.3 Å². The first kappa shape index (κ1) is 17.5. The topological polar surface area (TPSA) is 46.6 Å². The van der Waals surface area contributed by atoms with Gasteiger partial charge in [0.1, 0.15) is 5.75 Å². The zero-order valence-electron chi connectivity index (χ0n) is 14.6. The average Bonchev–Trinajstić information content (AvgIpc) is 3.04. The lowest BCUT2D eigenvalue weighted by Gasteiger charge is -2.15. The van der Waals surface area contributed by atoms with E-state index in [1.54, 1.807) is 18.9 Å². The first-order valence-corrected chi connectivity index (χ1v) is 9.13. The van der Waals surface area contributed by atoms with E-state index in [2.05, 4.69) is 0 Å². The number of ether oxygens (including phenoxy) is 1. The van der Waals surface area contributed by atoms with Crippen LogP contribution >= 0.6 is 11.8 Å². The van der Waals surface area contributed by atoms with Gasteiger partial charge in [0.15, 0.2) is 5.78 Å². The molecule has 0 saturated carbocycles. The van der Waals surface area contributed by atoms with E-state index in [0.29, 0.717) is 12.1 Å². The molecule has 0 aliphatic carbocycles. The van der Waals surface area contributed by atoms with Gasteiger partial charge in [0.2, 0.25) is 5.91 Å². The average molecular weight is 355 g/mol. The van der Waals surface area contributed by atoms with Crippen molar-refractivity contribution in [2.24, 2.45) is 0 Å². The van der Waals surface area contributed by atoms with Crippen LogP contribution in [0.3, 0.4) is 0 Å². The number of amides is 1. The van der Waals surface area contributed by atoms with Gasteiger partial charge in [-0.15, -0.1) is 11.8 Å². The van der Waals surface area contributed by atoms with Gasteiger partial charge in [-0.3, -0.25) is 9.59 Å². The number of anilines is 1. The highest BCUT2D eigenvalue weighted by Gasteiger charge is 2.24. The molecule has 5 heteroatoms. The third kappa shape index (κ3) is 3.71. The fourth-order valence-electron chi connectivity index (χ4n) is 3.05. The Kier molecular flexibility index (Phi) is 5.13. The van der Waals surface area contributed by atoms with Gasteiger partial charge in [0.05, 0.1) is 12.4 Å². The molecule has 2 aromatic rings. The molecule has 1 aliphatic rings. The number of benzene rings is 2. The second-order valence-electron chi connectivity index (χ2n) is 6.07. The molecule has 0 aromatic heterocycles. The van der Waals surface area contributed by atoms with Gasteiger partial charge in [-0.25, -0.2) is 0 Å². The number of nitrogens with zero attached hydrogens (tertiary/aromatic N) is 1. The molecule has 0 unspecified atom stereocenters. The Bertz CT molecular complexity index is 818. The molecule has 0 saturated heterocycles. The van der Waals surface area contributed by atoms with Crippen molar-refractivity contribution in [2.75, 3.05) is 18.6 Å². The molecule has 130 valence electrons. The normalized spacial score (nSPS) is 14.1. The Morgan fingerprint density at radius 3 is 2.72 bits per heavy atom. The van der Waals surface area contributed by atoms with E-state index in [1.165, 1.54) is 11.8 Å². The van der Waals surface area contributed by atoms with Crippen molar-refractivity contribution in [1.29, 1.82) is 0 Å². The molecule has 1 heterocycles. The summed E-state index contributed by atoms with van der Waals surface area (Å²) in [4.78, 5) is 27.2. The molecule has 25 heavy (non-hydrogen) atoms. The Hall–Kier alpha value is -2.27. The van der Waals surface area contributed by atoms with Crippen molar-refractivity contribution in [3.63, 3.8) is 0 Å². The minimum Gasteiger partial charge on any atom is -0.497 e. The summed E-state index contributed by atoms with van der Waals surface area (Å²) in [7, 11) is 1.63. The van der Waals surface area contributed by atoms with Gasteiger partial charge >= 0.3 is 0 Å². The van der Waals surface area contributed by atoms with Crippen LogP contribution in [0.5, 0.6) is 5.75 Å². The summed E-state index contributed by atoms with van der Waals surface area (Å²) in [5.41, 5.74) is 2.70. The van der Waals surface area contributed by atoms with Gasteiger partial charge in [-0.1, -0.05) is 6.07 Å². The van der Waals surface area contributed by atoms with Crippen LogP contribution < -0.4 is 9.64 Å². The summed E-state index contributed by atoms with van der Waals surface area (Å²) in [5, 5.41) is -0.199. The number of methoxy groups -OCH3 is 1. The zero-order chi connectivity index (χ0) is 18.0. The summed E-state index contributed by atoms with van der Waals surface area (Å²) in [6.45, 7) is 4.18. The second-order valence-corrected chi connectivity index (χ2v) is 7.48. The fourth-order valence-corrected chi connectivity index (χ4v) is 4.04. The Labute approximate surface area is 152 Å². The van der Waals surface area contributed by atoms with Crippen LogP contribution in [0.15, 0.2) is 47.4 Å². The first-order valence-electron chi connectivity index (χ1n) is 8.25. The quantitative estimate of drug-likeness (QED) is 0.601. The predicted molar refractivity (Wildman–Crippen MR) is 101 cm³/mol. The van der Waals surface area contributed by atoms with Crippen LogP contribution in [0, 0.1) is 0 Å². The van der Waals surface area contributed by atoms with Gasteiger partial charge in [-0.05, 0) is 55.3 Å². The van der Waals surface area contributed by atoms with Crippen LogP contribution in [0.25, 0.3) is 0 Å². The minimum absolute atomic E-state index is 0.0415. The van der Waals surface area contributed by atoms with E-state index in [1.807, 2.05) is 49.4 Å². The third-order valence-electron chi connectivity index (χ3n) is 4.36. The highest BCUT2D eigenvalue weighted by molar-refractivity contribution is 8.00. The number of fused-ring (bicyclic) bond motifs is 1. The number of carbonyl (C=O) groups excluding carboxylic acids is 2. The van der Waals surface area contributed by atoms with Crippen LogP contribution in [-0.2, 0) is 11.2 Å². The van der Waals surface area contributed by atoms with Gasteiger partial charge in [-0.2, -0.15) is 0 Å². The molecule has 1 aliphatic heterocycles. The van der Waals surface area contributed by atoms with Crippen molar-refractivity contribution >= 4 is 29.1 Å². The Balaban J connectivity index is 1.75. The number of rotatable bonds is 5. The smallest absolute Gasteiger partial charge is 0.223 e. The van der Waals surface area contributed by atoms with Crippen molar-refractivity contribution in [3.8, 4) is 5.75 Å². The minimum atomic E-state index is -0.199. The molecule has 1 amide bonds. The lowest BCUT2D eigenvalue weighted by atomic mass is 10.0. The van der Waals surface area contributed by atoms with E-state index in [-0.39, 0.29) is 16.9 Å². The molecular formula is C20H21NO3S. The second kappa shape index (κ2) is 7.31. The Morgan fingerprint density at radius 2 is 2.00 bits per heavy atom. The van der Waals surface area contributed by atoms with Gasteiger partial charge in [0, 0.05) is 29.6 Å². The zero-order valence-corrected chi connectivity index (χ0v) is 15.4. The molecule has 2 aromatic carbocycles. The molecular weight excluding hydrogens is 334 g/mol. The van der Waals surface area contributed by atoms with Crippen LogP contribution in [0.4, 0.5) is 5.69 Å². The van der Waals surface area contributed by atoms with Crippen molar-refractivity contribution in [2.45, 2.75) is 30.4 Å². The molecule has 4 nitrogen and oxygen atoms in total. The molecule has 0 spiro atoms. The van der Waals surface area contributed by atoms with Crippen LogP contribution in [0.2, 0.25) is 0 Å². The third-order valence-corrected chi connectivity index (χ3v) is 5.46. The number of carbonyl (C=O) groups is 2. The molecule has 0 N–H and O–H groups in total.